The van der Waals surface area contributed by atoms with E-state index in [9.17, 15) is 4.79 Å². The summed E-state index contributed by atoms with van der Waals surface area (Å²) in [5.41, 5.74) is 7.64. The third kappa shape index (κ3) is 1.83. The summed E-state index contributed by atoms with van der Waals surface area (Å²) in [7, 11) is 0. The van der Waals surface area contributed by atoms with Gasteiger partial charge in [0, 0.05) is 24.0 Å². The lowest BCUT2D eigenvalue weighted by Crippen LogP contribution is -2.26. The summed E-state index contributed by atoms with van der Waals surface area (Å²) in [5, 5.41) is 8.46. The van der Waals surface area contributed by atoms with Crippen molar-refractivity contribution in [2.24, 2.45) is 5.73 Å². The molecule has 0 saturated heterocycles. The van der Waals surface area contributed by atoms with E-state index in [0.717, 1.165) is 16.6 Å². The molecular formula is C15H16N4O. The molecule has 1 aromatic carbocycles. The van der Waals surface area contributed by atoms with Gasteiger partial charge in [0.2, 0.25) is 0 Å². The summed E-state index contributed by atoms with van der Waals surface area (Å²) < 4.78 is 1.58. The van der Waals surface area contributed by atoms with E-state index in [1.165, 1.54) is 0 Å². The first-order chi connectivity index (χ1) is 9.59. The number of aromatic amines is 1. The summed E-state index contributed by atoms with van der Waals surface area (Å²) in [6.07, 6.45) is 1.69. The maximum Gasteiger partial charge on any atom is 0.264 e. The van der Waals surface area contributed by atoms with Crippen LogP contribution < -0.4 is 11.3 Å². The SMILES string of the molecule is Cc1cccc2cc([C@H](C)N)n(-c3cc[nH]n3)c(=O)c12. The summed E-state index contributed by atoms with van der Waals surface area (Å²) in [5.74, 6) is 0.562. The number of aromatic nitrogens is 3. The number of pyridine rings is 1. The van der Waals surface area contributed by atoms with E-state index >= 15 is 0 Å². The fourth-order valence-electron chi connectivity index (χ4n) is 2.50. The number of nitrogens with two attached hydrogens (primary N) is 1. The minimum absolute atomic E-state index is 0.0833. The van der Waals surface area contributed by atoms with E-state index in [-0.39, 0.29) is 11.6 Å². The van der Waals surface area contributed by atoms with Crippen LogP contribution in [0.5, 0.6) is 0 Å². The number of benzene rings is 1. The van der Waals surface area contributed by atoms with Gasteiger partial charge in [0.15, 0.2) is 5.82 Å². The predicted octanol–water partition coefficient (Wildman–Crippen LogP) is 2.04. The minimum Gasteiger partial charge on any atom is -0.323 e. The van der Waals surface area contributed by atoms with Crippen molar-refractivity contribution in [2.45, 2.75) is 19.9 Å². The lowest BCUT2D eigenvalue weighted by atomic mass is 10.0. The monoisotopic (exact) mass is 268 g/mol. The number of hydrogen-bond donors (Lipinski definition) is 2. The first-order valence-corrected chi connectivity index (χ1v) is 6.50. The topological polar surface area (TPSA) is 76.7 Å². The molecule has 0 saturated carbocycles. The molecular weight excluding hydrogens is 252 g/mol. The third-order valence-electron chi connectivity index (χ3n) is 3.47. The van der Waals surface area contributed by atoms with E-state index in [0.29, 0.717) is 11.2 Å². The molecule has 0 unspecified atom stereocenters. The Balaban J connectivity index is 2.48. The summed E-state index contributed by atoms with van der Waals surface area (Å²) in [4.78, 5) is 12.8. The van der Waals surface area contributed by atoms with Gasteiger partial charge in [0.05, 0.1) is 5.39 Å². The van der Waals surface area contributed by atoms with Gasteiger partial charge in [-0.1, -0.05) is 18.2 Å². The Hall–Kier alpha value is -2.40. The first kappa shape index (κ1) is 12.6. The molecule has 0 aliphatic carbocycles. The lowest BCUT2D eigenvalue weighted by molar-refractivity contribution is 0.724. The van der Waals surface area contributed by atoms with Crippen LogP contribution in [0.4, 0.5) is 0 Å². The fourth-order valence-corrected chi connectivity index (χ4v) is 2.50. The van der Waals surface area contributed by atoms with Crippen molar-refractivity contribution in [2.75, 3.05) is 0 Å². The van der Waals surface area contributed by atoms with Gasteiger partial charge in [0.1, 0.15) is 0 Å². The van der Waals surface area contributed by atoms with Gasteiger partial charge < -0.3 is 5.73 Å². The van der Waals surface area contributed by atoms with Crippen molar-refractivity contribution >= 4 is 10.8 Å². The molecule has 0 radical (unpaired) electrons. The average Bonchev–Trinajstić information content (AvgIpc) is 2.91. The minimum atomic E-state index is -0.260. The van der Waals surface area contributed by atoms with E-state index in [1.807, 2.05) is 38.1 Å². The standard InChI is InChI=1S/C15H16N4O/c1-9-4-3-5-11-8-12(10(2)16)19(15(20)14(9)11)13-6-7-17-18-13/h3-8,10H,16H2,1-2H3,(H,17,18)/t10-/m0/s1. The van der Waals surface area contributed by atoms with E-state index in [4.69, 9.17) is 5.73 Å². The smallest absolute Gasteiger partial charge is 0.264 e. The summed E-state index contributed by atoms with van der Waals surface area (Å²) in [6, 6.07) is 9.28. The van der Waals surface area contributed by atoms with Crippen molar-refractivity contribution in [3.05, 3.63) is 58.1 Å². The molecule has 0 fully saturated rings. The molecule has 0 bridgehead atoms. The van der Waals surface area contributed by atoms with E-state index in [2.05, 4.69) is 10.2 Å². The van der Waals surface area contributed by atoms with Gasteiger partial charge in [0.25, 0.3) is 5.56 Å². The van der Waals surface area contributed by atoms with Crippen LogP contribution in [0.3, 0.4) is 0 Å². The number of aryl methyl sites for hydroxylation is 1. The second-order valence-corrected chi connectivity index (χ2v) is 4.97. The number of nitrogens with one attached hydrogen (secondary N) is 1. The van der Waals surface area contributed by atoms with E-state index in [1.54, 1.807) is 16.8 Å². The highest BCUT2D eigenvalue weighted by Crippen LogP contribution is 2.20. The zero-order chi connectivity index (χ0) is 14.3. The Kier molecular flexibility index (Phi) is 2.91. The molecule has 1 atom stereocenters. The average molecular weight is 268 g/mol. The Morgan fingerprint density at radius 2 is 2.15 bits per heavy atom. The normalized spacial score (nSPS) is 12.8. The maximum absolute atomic E-state index is 12.8. The lowest BCUT2D eigenvalue weighted by Gasteiger charge is -2.15. The van der Waals surface area contributed by atoms with Crippen molar-refractivity contribution in [1.82, 2.24) is 14.8 Å². The van der Waals surface area contributed by atoms with Crippen molar-refractivity contribution in [3.63, 3.8) is 0 Å². The Bertz CT molecular complexity index is 816. The van der Waals surface area contributed by atoms with E-state index < -0.39 is 0 Å². The highest BCUT2D eigenvalue weighted by Gasteiger charge is 2.15. The number of hydrogen-bond acceptors (Lipinski definition) is 3. The predicted molar refractivity (Wildman–Crippen MR) is 79.0 cm³/mol. The maximum atomic E-state index is 12.8. The Labute approximate surface area is 116 Å². The molecule has 5 nitrogen and oxygen atoms in total. The Morgan fingerprint density at radius 1 is 1.35 bits per heavy atom. The first-order valence-electron chi connectivity index (χ1n) is 6.50. The van der Waals surface area contributed by atoms with Crippen molar-refractivity contribution < 1.29 is 0 Å². The molecule has 20 heavy (non-hydrogen) atoms. The molecule has 102 valence electrons. The van der Waals surface area contributed by atoms with Gasteiger partial charge >= 0.3 is 0 Å². The van der Waals surface area contributed by atoms with Crippen LogP contribution in [-0.2, 0) is 0 Å². The van der Waals surface area contributed by atoms with Gasteiger partial charge in [-0.15, -0.1) is 0 Å². The molecule has 0 aliphatic heterocycles. The number of nitrogens with zero attached hydrogens (tertiary/aromatic N) is 2. The molecule has 3 rings (SSSR count). The van der Waals surface area contributed by atoms with Crippen LogP contribution >= 0.6 is 0 Å². The zero-order valence-corrected chi connectivity index (χ0v) is 11.4. The largest absolute Gasteiger partial charge is 0.323 e. The quantitative estimate of drug-likeness (QED) is 0.746. The summed E-state index contributed by atoms with van der Waals surface area (Å²) >= 11 is 0. The molecule has 0 amide bonds. The Morgan fingerprint density at radius 3 is 2.80 bits per heavy atom. The second kappa shape index (κ2) is 4.61. The van der Waals surface area contributed by atoms with Crippen LogP contribution in [0.1, 0.15) is 24.2 Å². The van der Waals surface area contributed by atoms with Crippen LogP contribution in [0.25, 0.3) is 16.6 Å². The van der Waals surface area contributed by atoms with Gasteiger partial charge in [-0.25, -0.2) is 0 Å². The molecule has 2 aromatic heterocycles. The molecule has 3 N–H and O–H groups in total. The van der Waals surface area contributed by atoms with Gasteiger partial charge in [-0.05, 0) is 30.9 Å². The number of H-pyrrole nitrogens is 1. The van der Waals surface area contributed by atoms with Crippen LogP contribution in [0.2, 0.25) is 0 Å². The van der Waals surface area contributed by atoms with Gasteiger partial charge in [-0.2, -0.15) is 5.10 Å². The summed E-state index contributed by atoms with van der Waals surface area (Å²) in [6.45, 7) is 3.80. The van der Waals surface area contributed by atoms with Crippen LogP contribution in [0, 0.1) is 6.92 Å². The molecule has 5 heteroatoms. The zero-order valence-electron chi connectivity index (χ0n) is 11.4. The number of rotatable bonds is 2. The molecule has 0 aliphatic rings. The molecule has 0 spiro atoms. The van der Waals surface area contributed by atoms with Gasteiger partial charge in [-0.3, -0.25) is 14.5 Å². The highest BCUT2D eigenvalue weighted by atomic mass is 16.1. The highest BCUT2D eigenvalue weighted by molar-refractivity contribution is 5.85. The second-order valence-electron chi connectivity index (χ2n) is 4.97. The van der Waals surface area contributed by atoms with Crippen LogP contribution in [-0.4, -0.2) is 14.8 Å². The molecule has 3 aromatic rings. The third-order valence-corrected chi connectivity index (χ3v) is 3.47. The van der Waals surface area contributed by atoms with Crippen LogP contribution in [0.15, 0.2) is 41.3 Å². The van der Waals surface area contributed by atoms with Crippen molar-refractivity contribution in [3.8, 4) is 5.82 Å². The number of fused-ring (bicyclic) bond motifs is 1. The van der Waals surface area contributed by atoms with Crippen molar-refractivity contribution in [1.29, 1.82) is 0 Å². The fraction of sp³-hybridized carbons (Fsp3) is 0.200. The molecule has 2 heterocycles.